The van der Waals surface area contributed by atoms with Gasteiger partial charge in [0.05, 0.1) is 5.69 Å². The van der Waals surface area contributed by atoms with Gasteiger partial charge in [-0.3, -0.25) is 4.98 Å². The highest BCUT2D eigenvalue weighted by atomic mass is 14.7. The molecule has 0 saturated heterocycles. The van der Waals surface area contributed by atoms with E-state index in [9.17, 15) is 0 Å². The Morgan fingerprint density at radius 3 is 2.05 bits per heavy atom. The molecular formula is C19H17N. The van der Waals surface area contributed by atoms with Crippen LogP contribution in [0.3, 0.4) is 0 Å². The molecule has 0 N–H and O–H groups in total. The van der Waals surface area contributed by atoms with Crippen LogP contribution < -0.4 is 0 Å². The van der Waals surface area contributed by atoms with Crippen molar-refractivity contribution in [2.45, 2.75) is 13.8 Å². The number of pyridine rings is 1. The first-order valence-corrected chi connectivity index (χ1v) is 6.82. The summed E-state index contributed by atoms with van der Waals surface area (Å²) in [5.74, 6) is 0. The molecule has 0 aliphatic heterocycles. The van der Waals surface area contributed by atoms with Crippen LogP contribution in [0.15, 0.2) is 66.9 Å². The molecule has 20 heavy (non-hydrogen) atoms. The fraction of sp³-hybridized carbons (Fsp3) is 0.105. The molecular weight excluding hydrogens is 242 g/mol. The zero-order valence-electron chi connectivity index (χ0n) is 11.8. The van der Waals surface area contributed by atoms with Crippen LogP contribution in [0.4, 0.5) is 0 Å². The summed E-state index contributed by atoms with van der Waals surface area (Å²) in [6.45, 7) is 4.21. The van der Waals surface area contributed by atoms with Crippen LogP contribution in [0.5, 0.6) is 0 Å². The zero-order valence-corrected chi connectivity index (χ0v) is 11.8. The van der Waals surface area contributed by atoms with Gasteiger partial charge in [-0.25, -0.2) is 0 Å². The van der Waals surface area contributed by atoms with Crippen molar-refractivity contribution in [3.63, 3.8) is 0 Å². The summed E-state index contributed by atoms with van der Waals surface area (Å²) in [5, 5.41) is 0. The van der Waals surface area contributed by atoms with E-state index in [0.717, 1.165) is 11.3 Å². The van der Waals surface area contributed by atoms with Gasteiger partial charge in [-0.2, -0.15) is 0 Å². The van der Waals surface area contributed by atoms with Gasteiger partial charge < -0.3 is 0 Å². The topological polar surface area (TPSA) is 12.9 Å². The van der Waals surface area contributed by atoms with E-state index >= 15 is 0 Å². The lowest BCUT2D eigenvalue weighted by Crippen LogP contribution is -1.86. The molecule has 1 aromatic heterocycles. The molecule has 1 heterocycles. The molecule has 0 spiro atoms. The summed E-state index contributed by atoms with van der Waals surface area (Å²) >= 11 is 0. The highest BCUT2D eigenvalue weighted by Crippen LogP contribution is 2.26. The van der Waals surface area contributed by atoms with Gasteiger partial charge in [0, 0.05) is 11.8 Å². The Kier molecular flexibility index (Phi) is 3.34. The van der Waals surface area contributed by atoms with Gasteiger partial charge in [-0.1, -0.05) is 48.0 Å². The van der Waals surface area contributed by atoms with E-state index < -0.39 is 0 Å². The van der Waals surface area contributed by atoms with Gasteiger partial charge in [0.2, 0.25) is 0 Å². The third-order valence-corrected chi connectivity index (χ3v) is 3.43. The Balaban J connectivity index is 2.06. The molecule has 0 aliphatic rings. The maximum atomic E-state index is 4.46. The quantitative estimate of drug-likeness (QED) is 0.628. The second kappa shape index (κ2) is 5.30. The van der Waals surface area contributed by atoms with Gasteiger partial charge >= 0.3 is 0 Å². The number of aryl methyl sites for hydroxylation is 2. The van der Waals surface area contributed by atoms with Crippen molar-refractivity contribution in [1.29, 1.82) is 0 Å². The van der Waals surface area contributed by atoms with Gasteiger partial charge in [-0.05, 0) is 48.7 Å². The molecule has 0 fully saturated rings. The summed E-state index contributed by atoms with van der Waals surface area (Å²) in [4.78, 5) is 4.46. The van der Waals surface area contributed by atoms with Crippen molar-refractivity contribution in [1.82, 2.24) is 4.98 Å². The molecule has 98 valence electrons. The monoisotopic (exact) mass is 259 g/mol. The van der Waals surface area contributed by atoms with E-state index in [-0.39, 0.29) is 0 Å². The predicted octanol–water partition coefficient (Wildman–Crippen LogP) is 5.03. The van der Waals surface area contributed by atoms with Gasteiger partial charge in [-0.15, -0.1) is 0 Å². The van der Waals surface area contributed by atoms with Crippen LogP contribution in [-0.2, 0) is 0 Å². The van der Waals surface area contributed by atoms with Crippen molar-refractivity contribution in [2.24, 2.45) is 0 Å². The first kappa shape index (κ1) is 12.6. The first-order chi connectivity index (χ1) is 9.72. The van der Waals surface area contributed by atoms with Crippen molar-refractivity contribution >= 4 is 0 Å². The molecule has 0 atom stereocenters. The summed E-state index contributed by atoms with van der Waals surface area (Å²) in [5.41, 5.74) is 7.18. The van der Waals surface area contributed by atoms with Crippen molar-refractivity contribution in [2.75, 3.05) is 0 Å². The van der Waals surface area contributed by atoms with Crippen molar-refractivity contribution in [3.8, 4) is 22.4 Å². The minimum Gasteiger partial charge on any atom is -0.256 e. The molecule has 0 unspecified atom stereocenters. The second-order valence-electron chi connectivity index (χ2n) is 5.17. The number of aromatic nitrogens is 1. The first-order valence-electron chi connectivity index (χ1n) is 6.82. The normalized spacial score (nSPS) is 10.5. The van der Waals surface area contributed by atoms with Crippen LogP contribution >= 0.6 is 0 Å². The number of rotatable bonds is 2. The van der Waals surface area contributed by atoms with E-state index in [1.165, 1.54) is 22.3 Å². The molecule has 0 aliphatic carbocycles. The predicted molar refractivity (Wildman–Crippen MR) is 84.6 cm³/mol. The largest absolute Gasteiger partial charge is 0.256 e. The molecule has 1 heteroatoms. The third-order valence-electron chi connectivity index (χ3n) is 3.43. The molecule has 0 saturated carbocycles. The van der Waals surface area contributed by atoms with E-state index in [0.29, 0.717) is 0 Å². The molecule has 0 amide bonds. The molecule has 2 aromatic carbocycles. The molecule has 3 aromatic rings. The highest BCUT2D eigenvalue weighted by molar-refractivity contribution is 5.71. The number of hydrogen-bond acceptors (Lipinski definition) is 1. The van der Waals surface area contributed by atoms with Crippen LogP contribution in [0.2, 0.25) is 0 Å². The van der Waals surface area contributed by atoms with E-state index in [1.807, 2.05) is 12.3 Å². The van der Waals surface area contributed by atoms with E-state index in [2.05, 4.69) is 73.4 Å². The third kappa shape index (κ3) is 2.62. The lowest BCUT2D eigenvalue weighted by Gasteiger charge is -2.07. The SMILES string of the molecule is Cc1cccc(-c2cccc(-c3cc(C)ccn3)c2)c1. The Labute approximate surface area is 119 Å². The average molecular weight is 259 g/mol. The van der Waals surface area contributed by atoms with Gasteiger partial charge in [0.15, 0.2) is 0 Å². The van der Waals surface area contributed by atoms with Crippen molar-refractivity contribution < 1.29 is 0 Å². The number of hydrogen-bond donors (Lipinski definition) is 0. The molecule has 0 radical (unpaired) electrons. The minimum absolute atomic E-state index is 1.03. The van der Waals surface area contributed by atoms with Gasteiger partial charge in [0.25, 0.3) is 0 Å². The zero-order chi connectivity index (χ0) is 13.9. The Hall–Kier alpha value is -2.41. The maximum Gasteiger partial charge on any atom is 0.0704 e. The number of benzene rings is 2. The van der Waals surface area contributed by atoms with Crippen LogP contribution in [0.25, 0.3) is 22.4 Å². The summed E-state index contributed by atoms with van der Waals surface area (Å²) in [6, 6.07) is 21.3. The maximum absolute atomic E-state index is 4.46. The van der Waals surface area contributed by atoms with E-state index in [4.69, 9.17) is 0 Å². The molecule has 3 rings (SSSR count). The standard InChI is InChI=1S/C19H17N/c1-14-5-3-6-16(11-14)17-7-4-8-18(13-17)19-12-15(2)9-10-20-19/h3-13H,1-2H3. The van der Waals surface area contributed by atoms with Gasteiger partial charge in [0.1, 0.15) is 0 Å². The number of nitrogens with zero attached hydrogens (tertiary/aromatic N) is 1. The van der Waals surface area contributed by atoms with Crippen LogP contribution in [-0.4, -0.2) is 4.98 Å². The Morgan fingerprint density at radius 2 is 1.30 bits per heavy atom. The Morgan fingerprint density at radius 1 is 0.650 bits per heavy atom. The van der Waals surface area contributed by atoms with Crippen molar-refractivity contribution in [3.05, 3.63) is 78.0 Å². The summed E-state index contributed by atoms with van der Waals surface area (Å²) in [6.07, 6.45) is 1.87. The highest BCUT2D eigenvalue weighted by Gasteiger charge is 2.03. The smallest absolute Gasteiger partial charge is 0.0704 e. The van der Waals surface area contributed by atoms with Crippen LogP contribution in [0, 0.1) is 13.8 Å². The van der Waals surface area contributed by atoms with Crippen LogP contribution in [0.1, 0.15) is 11.1 Å². The lowest BCUT2D eigenvalue weighted by molar-refractivity contribution is 1.29. The fourth-order valence-electron chi connectivity index (χ4n) is 2.38. The average Bonchev–Trinajstić information content (AvgIpc) is 2.47. The summed E-state index contributed by atoms with van der Waals surface area (Å²) in [7, 11) is 0. The minimum atomic E-state index is 1.03. The second-order valence-corrected chi connectivity index (χ2v) is 5.17. The Bertz CT molecular complexity index is 683. The summed E-state index contributed by atoms with van der Waals surface area (Å²) < 4.78 is 0. The molecule has 0 bridgehead atoms. The lowest BCUT2D eigenvalue weighted by atomic mass is 10.00. The fourth-order valence-corrected chi connectivity index (χ4v) is 2.38. The molecule has 1 nitrogen and oxygen atoms in total. The van der Waals surface area contributed by atoms with E-state index in [1.54, 1.807) is 0 Å².